The first-order chi connectivity index (χ1) is 8.57. The molecule has 0 saturated carbocycles. The molecule has 0 amide bonds. The summed E-state index contributed by atoms with van der Waals surface area (Å²) in [5.41, 5.74) is 0.865. The van der Waals surface area contributed by atoms with Crippen molar-refractivity contribution in [2.45, 2.75) is 19.4 Å². The van der Waals surface area contributed by atoms with Gasteiger partial charge >= 0.3 is 0 Å². The highest BCUT2D eigenvalue weighted by atomic mass is 32.2. The monoisotopic (exact) mass is 272 g/mol. The molecule has 1 aliphatic rings. The summed E-state index contributed by atoms with van der Waals surface area (Å²) in [5, 5.41) is 7.24. The largest absolute Gasteiger partial charge is 0.317 e. The van der Waals surface area contributed by atoms with Gasteiger partial charge in [-0.25, -0.2) is 13.1 Å². The lowest BCUT2D eigenvalue weighted by molar-refractivity contribution is 0.400. The van der Waals surface area contributed by atoms with E-state index in [2.05, 4.69) is 15.1 Å². The molecule has 2 heterocycles. The van der Waals surface area contributed by atoms with E-state index < -0.39 is 10.0 Å². The Bertz CT molecular complexity index is 477. The molecule has 1 saturated heterocycles. The van der Waals surface area contributed by atoms with Gasteiger partial charge in [0, 0.05) is 13.2 Å². The van der Waals surface area contributed by atoms with Gasteiger partial charge in [-0.3, -0.25) is 4.68 Å². The zero-order valence-corrected chi connectivity index (χ0v) is 11.4. The highest BCUT2D eigenvalue weighted by molar-refractivity contribution is 7.89. The third-order valence-corrected chi connectivity index (χ3v) is 4.80. The van der Waals surface area contributed by atoms with Crippen LogP contribution in [-0.2, 0) is 23.6 Å². The minimum absolute atomic E-state index is 0.229. The summed E-state index contributed by atoms with van der Waals surface area (Å²) in [5.74, 6) is 0.502. The molecular formula is C11H20N4O2S. The van der Waals surface area contributed by atoms with Gasteiger partial charge in [-0.2, -0.15) is 5.10 Å². The summed E-state index contributed by atoms with van der Waals surface area (Å²) >= 11 is 0. The molecule has 6 nitrogen and oxygen atoms in total. The molecule has 1 aromatic rings. The van der Waals surface area contributed by atoms with Crippen LogP contribution in [0.2, 0.25) is 0 Å². The summed E-state index contributed by atoms with van der Waals surface area (Å²) in [7, 11) is -1.39. The number of rotatable bonds is 5. The standard InChI is InChI=1S/C11H20N4O2S/c1-15-11(4-7-13-15)8-14-18(16,17)9-10-2-5-12-6-3-10/h4,7,10,12,14H,2-3,5-6,8-9H2,1H3. The zero-order valence-electron chi connectivity index (χ0n) is 10.6. The number of aryl methyl sites for hydroxylation is 1. The fourth-order valence-electron chi connectivity index (χ4n) is 2.18. The second-order valence-electron chi connectivity index (χ2n) is 4.74. The number of aromatic nitrogens is 2. The molecule has 1 aliphatic heterocycles. The Morgan fingerprint density at radius 3 is 2.83 bits per heavy atom. The molecule has 2 N–H and O–H groups in total. The molecule has 0 aliphatic carbocycles. The van der Waals surface area contributed by atoms with E-state index in [1.54, 1.807) is 17.9 Å². The Balaban J connectivity index is 1.85. The normalized spacial score (nSPS) is 18.1. The van der Waals surface area contributed by atoms with Crippen LogP contribution in [0.25, 0.3) is 0 Å². The van der Waals surface area contributed by atoms with Crippen LogP contribution >= 0.6 is 0 Å². The van der Waals surface area contributed by atoms with Gasteiger partial charge in [-0.05, 0) is 37.9 Å². The van der Waals surface area contributed by atoms with E-state index in [0.717, 1.165) is 31.6 Å². The van der Waals surface area contributed by atoms with Crippen molar-refractivity contribution < 1.29 is 8.42 Å². The molecular weight excluding hydrogens is 252 g/mol. The summed E-state index contributed by atoms with van der Waals surface area (Å²) in [6.07, 6.45) is 3.54. The first-order valence-electron chi connectivity index (χ1n) is 6.22. The van der Waals surface area contributed by atoms with Crippen molar-refractivity contribution >= 4 is 10.0 Å². The quantitative estimate of drug-likeness (QED) is 0.781. The third-order valence-electron chi connectivity index (χ3n) is 3.31. The average Bonchev–Trinajstić information content (AvgIpc) is 2.73. The van der Waals surface area contributed by atoms with Crippen LogP contribution in [0.15, 0.2) is 12.3 Å². The second-order valence-corrected chi connectivity index (χ2v) is 6.59. The number of sulfonamides is 1. The number of hydrogen-bond acceptors (Lipinski definition) is 4. The summed E-state index contributed by atoms with van der Waals surface area (Å²) in [4.78, 5) is 0. The van der Waals surface area contributed by atoms with Crippen molar-refractivity contribution in [3.05, 3.63) is 18.0 Å². The molecule has 0 unspecified atom stereocenters. The third kappa shape index (κ3) is 3.79. The van der Waals surface area contributed by atoms with Gasteiger partial charge in [-0.15, -0.1) is 0 Å². The number of hydrogen-bond donors (Lipinski definition) is 2. The minimum Gasteiger partial charge on any atom is -0.317 e. The van der Waals surface area contributed by atoms with Crippen LogP contribution in [0.1, 0.15) is 18.5 Å². The maximum atomic E-state index is 11.9. The number of nitrogens with zero attached hydrogens (tertiary/aromatic N) is 2. The zero-order chi connectivity index (χ0) is 13.0. The maximum Gasteiger partial charge on any atom is 0.212 e. The van der Waals surface area contributed by atoms with Crippen molar-refractivity contribution in [1.29, 1.82) is 0 Å². The first kappa shape index (κ1) is 13.5. The molecule has 0 spiro atoms. The smallest absolute Gasteiger partial charge is 0.212 e. The Morgan fingerprint density at radius 1 is 1.50 bits per heavy atom. The Kier molecular flexibility index (Phi) is 4.36. The Labute approximate surface area is 108 Å². The van der Waals surface area contributed by atoms with Crippen molar-refractivity contribution in [3.8, 4) is 0 Å². The van der Waals surface area contributed by atoms with Gasteiger partial charge in [0.15, 0.2) is 0 Å². The van der Waals surface area contributed by atoms with E-state index in [1.807, 2.05) is 6.07 Å². The van der Waals surface area contributed by atoms with Crippen LogP contribution in [0.3, 0.4) is 0 Å². The highest BCUT2D eigenvalue weighted by Crippen LogP contribution is 2.13. The van der Waals surface area contributed by atoms with E-state index in [4.69, 9.17) is 0 Å². The fourth-order valence-corrected chi connectivity index (χ4v) is 3.62. The van der Waals surface area contributed by atoms with Crippen LogP contribution < -0.4 is 10.0 Å². The van der Waals surface area contributed by atoms with Crippen molar-refractivity contribution in [2.24, 2.45) is 13.0 Å². The van der Waals surface area contributed by atoms with Gasteiger partial charge in [0.1, 0.15) is 0 Å². The predicted molar refractivity (Wildman–Crippen MR) is 69.4 cm³/mol. The predicted octanol–water partition coefficient (Wildman–Crippen LogP) is -0.161. The number of nitrogens with one attached hydrogen (secondary N) is 2. The van der Waals surface area contributed by atoms with E-state index in [9.17, 15) is 8.42 Å². The number of piperidine rings is 1. The van der Waals surface area contributed by atoms with E-state index in [0.29, 0.717) is 6.54 Å². The van der Waals surface area contributed by atoms with Crippen molar-refractivity contribution in [1.82, 2.24) is 19.8 Å². The van der Waals surface area contributed by atoms with Gasteiger partial charge < -0.3 is 5.32 Å². The topological polar surface area (TPSA) is 76.0 Å². The first-order valence-corrected chi connectivity index (χ1v) is 7.87. The molecule has 0 aromatic carbocycles. The SMILES string of the molecule is Cn1nccc1CNS(=O)(=O)CC1CCNCC1. The lowest BCUT2D eigenvalue weighted by atomic mass is 10.0. The van der Waals surface area contributed by atoms with E-state index in [1.165, 1.54) is 0 Å². The lowest BCUT2D eigenvalue weighted by Crippen LogP contribution is -2.35. The molecule has 0 radical (unpaired) electrons. The molecule has 1 fully saturated rings. The Hall–Kier alpha value is -0.920. The van der Waals surface area contributed by atoms with Gasteiger partial charge in [0.25, 0.3) is 0 Å². The van der Waals surface area contributed by atoms with E-state index in [-0.39, 0.29) is 11.7 Å². The van der Waals surface area contributed by atoms with Crippen LogP contribution in [0, 0.1) is 5.92 Å². The van der Waals surface area contributed by atoms with Crippen molar-refractivity contribution in [2.75, 3.05) is 18.8 Å². The van der Waals surface area contributed by atoms with Crippen molar-refractivity contribution in [3.63, 3.8) is 0 Å². The second kappa shape index (κ2) is 5.81. The molecule has 2 rings (SSSR count). The lowest BCUT2D eigenvalue weighted by Gasteiger charge is -2.22. The Morgan fingerprint density at radius 2 is 2.22 bits per heavy atom. The molecule has 0 bridgehead atoms. The van der Waals surface area contributed by atoms with Gasteiger partial charge in [-0.1, -0.05) is 0 Å². The molecule has 7 heteroatoms. The minimum atomic E-state index is -3.19. The highest BCUT2D eigenvalue weighted by Gasteiger charge is 2.21. The van der Waals surface area contributed by atoms with E-state index >= 15 is 0 Å². The summed E-state index contributed by atoms with van der Waals surface area (Å²) < 4.78 is 28.2. The summed E-state index contributed by atoms with van der Waals surface area (Å²) in [6, 6.07) is 1.81. The van der Waals surface area contributed by atoms with Crippen LogP contribution in [0.4, 0.5) is 0 Å². The van der Waals surface area contributed by atoms with Gasteiger partial charge in [0.2, 0.25) is 10.0 Å². The van der Waals surface area contributed by atoms with Crippen LogP contribution in [-0.4, -0.2) is 37.0 Å². The fraction of sp³-hybridized carbons (Fsp3) is 0.727. The molecule has 0 atom stereocenters. The molecule has 102 valence electrons. The maximum absolute atomic E-state index is 11.9. The average molecular weight is 272 g/mol. The van der Waals surface area contributed by atoms with Crippen LogP contribution in [0.5, 0.6) is 0 Å². The molecule has 1 aromatic heterocycles. The van der Waals surface area contributed by atoms with Gasteiger partial charge in [0.05, 0.1) is 18.0 Å². The molecule has 18 heavy (non-hydrogen) atoms. The summed E-state index contributed by atoms with van der Waals surface area (Å²) in [6.45, 7) is 2.15.